The van der Waals surface area contributed by atoms with Crippen molar-refractivity contribution in [1.29, 1.82) is 0 Å². The zero-order valence-corrected chi connectivity index (χ0v) is 15.7. The number of anilines is 1. The molecule has 7 nitrogen and oxygen atoms in total. The summed E-state index contributed by atoms with van der Waals surface area (Å²) in [6.45, 7) is 1.46. The van der Waals surface area contributed by atoms with Crippen molar-refractivity contribution < 1.29 is 22.7 Å². The summed E-state index contributed by atoms with van der Waals surface area (Å²) in [5.41, 5.74) is 1.43. The summed E-state index contributed by atoms with van der Waals surface area (Å²) < 4.78 is 27.9. The Morgan fingerprint density at radius 3 is 2.73 bits per heavy atom. The van der Waals surface area contributed by atoms with Gasteiger partial charge in [-0.1, -0.05) is 6.07 Å². The molecule has 0 bridgehead atoms. The summed E-state index contributed by atoms with van der Waals surface area (Å²) in [4.78, 5) is 26.0. The fourth-order valence-corrected chi connectivity index (χ4v) is 4.39. The largest absolute Gasteiger partial charge is 0.448 e. The molecule has 0 saturated carbocycles. The zero-order valence-electron chi connectivity index (χ0n) is 14.0. The average Bonchev–Trinajstić information content (AvgIpc) is 3.15. The summed E-state index contributed by atoms with van der Waals surface area (Å²) in [6, 6.07) is 7.37. The van der Waals surface area contributed by atoms with Crippen molar-refractivity contribution in [3.05, 3.63) is 45.6 Å². The molecule has 9 heteroatoms. The van der Waals surface area contributed by atoms with Crippen LogP contribution in [0.5, 0.6) is 0 Å². The minimum Gasteiger partial charge on any atom is -0.448 e. The SMILES string of the molecule is C[C@@H](OC(=O)c1cc2c(s1)CCC2)C(=O)Nc1cccc(S(N)(=O)=O)c1. The van der Waals surface area contributed by atoms with Crippen molar-refractivity contribution in [3.8, 4) is 0 Å². The summed E-state index contributed by atoms with van der Waals surface area (Å²) in [5, 5.41) is 7.59. The van der Waals surface area contributed by atoms with Gasteiger partial charge in [-0.3, -0.25) is 4.79 Å². The van der Waals surface area contributed by atoms with Gasteiger partial charge in [-0.25, -0.2) is 18.4 Å². The normalized spacial score (nSPS) is 14.5. The molecule has 1 atom stereocenters. The van der Waals surface area contributed by atoms with Crippen LogP contribution < -0.4 is 10.5 Å². The van der Waals surface area contributed by atoms with E-state index in [4.69, 9.17) is 9.88 Å². The molecule has 1 amide bonds. The Labute approximate surface area is 155 Å². The molecule has 0 spiro atoms. The van der Waals surface area contributed by atoms with Gasteiger partial charge in [0, 0.05) is 10.6 Å². The number of carbonyl (C=O) groups excluding carboxylic acids is 2. The maximum atomic E-state index is 12.2. The second kappa shape index (κ2) is 7.18. The van der Waals surface area contributed by atoms with Crippen LogP contribution in [-0.2, 0) is 32.4 Å². The number of primary sulfonamides is 1. The summed E-state index contributed by atoms with van der Waals surface area (Å²) in [7, 11) is -3.87. The monoisotopic (exact) mass is 394 g/mol. The fraction of sp³-hybridized carbons (Fsp3) is 0.294. The number of sulfonamides is 1. The molecule has 3 N–H and O–H groups in total. The van der Waals surface area contributed by atoms with Crippen LogP contribution in [0.25, 0.3) is 0 Å². The third-order valence-corrected chi connectivity index (χ3v) is 6.16. The number of carbonyl (C=O) groups is 2. The number of nitrogens with two attached hydrogens (primary N) is 1. The average molecular weight is 394 g/mol. The van der Waals surface area contributed by atoms with E-state index in [9.17, 15) is 18.0 Å². The van der Waals surface area contributed by atoms with E-state index in [1.54, 1.807) is 0 Å². The summed E-state index contributed by atoms with van der Waals surface area (Å²) in [5.74, 6) is -1.10. The van der Waals surface area contributed by atoms with Gasteiger partial charge in [0.05, 0.1) is 4.90 Å². The van der Waals surface area contributed by atoms with Crippen molar-refractivity contribution in [3.63, 3.8) is 0 Å². The Hall–Kier alpha value is -2.23. The number of amides is 1. The first-order valence-electron chi connectivity index (χ1n) is 8.00. The minimum atomic E-state index is -3.87. The molecule has 1 heterocycles. The van der Waals surface area contributed by atoms with Gasteiger partial charge in [0.15, 0.2) is 6.10 Å². The molecular weight excluding hydrogens is 376 g/mol. The molecule has 3 rings (SSSR count). The third-order valence-electron chi connectivity index (χ3n) is 4.03. The first kappa shape index (κ1) is 18.6. The predicted molar refractivity (Wildman–Crippen MR) is 97.7 cm³/mol. The van der Waals surface area contributed by atoms with Gasteiger partial charge in [0.1, 0.15) is 4.88 Å². The first-order valence-corrected chi connectivity index (χ1v) is 10.4. The standard InChI is InChI=1S/C17H18N2O5S2/c1-10(24-17(21)15-8-11-4-2-7-14(11)25-15)16(20)19-12-5-3-6-13(9-12)26(18,22)23/h3,5-6,8-10H,2,4,7H2,1H3,(H,19,20)(H2,18,22,23)/t10-/m1/s1. The second-order valence-electron chi connectivity index (χ2n) is 6.02. The number of aryl methyl sites for hydroxylation is 2. The third kappa shape index (κ3) is 4.12. The van der Waals surface area contributed by atoms with Crippen molar-refractivity contribution in [2.45, 2.75) is 37.2 Å². The first-order chi connectivity index (χ1) is 12.2. The van der Waals surface area contributed by atoms with Crippen molar-refractivity contribution >= 4 is 38.9 Å². The molecule has 0 radical (unpaired) electrons. The number of rotatable bonds is 5. The lowest BCUT2D eigenvalue weighted by Gasteiger charge is -2.13. The van der Waals surface area contributed by atoms with Crippen LogP contribution in [0.4, 0.5) is 5.69 Å². The van der Waals surface area contributed by atoms with Crippen LogP contribution >= 0.6 is 11.3 Å². The molecule has 138 valence electrons. The van der Waals surface area contributed by atoms with Crippen LogP contribution in [0, 0.1) is 0 Å². The zero-order chi connectivity index (χ0) is 18.9. The number of benzene rings is 1. The van der Waals surface area contributed by atoms with E-state index >= 15 is 0 Å². The number of thiophene rings is 1. The Morgan fingerprint density at radius 2 is 2.04 bits per heavy atom. The lowest BCUT2D eigenvalue weighted by atomic mass is 10.2. The van der Waals surface area contributed by atoms with E-state index in [-0.39, 0.29) is 10.6 Å². The fourth-order valence-electron chi connectivity index (χ4n) is 2.70. The van der Waals surface area contributed by atoms with Gasteiger partial charge in [0.25, 0.3) is 5.91 Å². The van der Waals surface area contributed by atoms with Gasteiger partial charge in [-0.2, -0.15) is 0 Å². The van der Waals surface area contributed by atoms with E-state index in [1.807, 2.05) is 6.07 Å². The quantitative estimate of drug-likeness (QED) is 0.753. The van der Waals surface area contributed by atoms with Crippen molar-refractivity contribution in [2.24, 2.45) is 5.14 Å². The van der Waals surface area contributed by atoms with Crippen molar-refractivity contribution in [1.82, 2.24) is 0 Å². The molecule has 0 aliphatic heterocycles. The van der Waals surface area contributed by atoms with Crippen molar-refractivity contribution in [2.75, 3.05) is 5.32 Å². The van der Waals surface area contributed by atoms with Crippen LogP contribution in [0.15, 0.2) is 35.2 Å². The Balaban J connectivity index is 1.63. The molecule has 1 aromatic carbocycles. The Morgan fingerprint density at radius 1 is 1.27 bits per heavy atom. The highest BCUT2D eigenvalue weighted by Crippen LogP contribution is 2.31. The Kier molecular flexibility index (Phi) is 5.12. The topological polar surface area (TPSA) is 116 Å². The van der Waals surface area contributed by atoms with E-state index < -0.39 is 28.0 Å². The van der Waals surface area contributed by atoms with Gasteiger partial charge in [-0.15, -0.1) is 11.3 Å². The second-order valence-corrected chi connectivity index (χ2v) is 8.72. The lowest BCUT2D eigenvalue weighted by molar-refractivity contribution is -0.123. The molecule has 0 fully saturated rings. The molecule has 26 heavy (non-hydrogen) atoms. The summed E-state index contributed by atoms with van der Waals surface area (Å²) >= 11 is 1.41. The number of fused-ring (bicyclic) bond motifs is 1. The van der Waals surface area contributed by atoms with Gasteiger partial charge in [-0.05, 0) is 56.0 Å². The van der Waals surface area contributed by atoms with Crippen LogP contribution in [-0.4, -0.2) is 26.4 Å². The Bertz CT molecular complexity index is 944. The number of hydrogen-bond donors (Lipinski definition) is 2. The van der Waals surface area contributed by atoms with Crippen LogP contribution in [0.3, 0.4) is 0 Å². The van der Waals surface area contributed by atoms with Gasteiger partial charge < -0.3 is 10.1 Å². The van der Waals surface area contributed by atoms with Crippen LogP contribution in [0.1, 0.15) is 33.5 Å². The molecule has 1 aromatic heterocycles. The number of hydrogen-bond acceptors (Lipinski definition) is 6. The van der Waals surface area contributed by atoms with Gasteiger partial charge in [0.2, 0.25) is 10.0 Å². The number of ether oxygens (including phenoxy) is 1. The maximum absolute atomic E-state index is 12.2. The van der Waals surface area contributed by atoms with Crippen LogP contribution in [0.2, 0.25) is 0 Å². The molecular formula is C17H18N2O5S2. The highest BCUT2D eigenvalue weighted by molar-refractivity contribution is 7.89. The highest BCUT2D eigenvalue weighted by Gasteiger charge is 2.23. The molecule has 1 aliphatic carbocycles. The maximum Gasteiger partial charge on any atom is 0.349 e. The molecule has 0 saturated heterocycles. The van der Waals surface area contributed by atoms with Gasteiger partial charge >= 0.3 is 5.97 Å². The smallest absolute Gasteiger partial charge is 0.349 e. The number of nitrogens with one attached hydrogen (secondary N) is 1. The summed E-state index contributed by atoms with van der Waals surface area (Å²) in [6.07, 6.45) is 2.02. The molecule has 0 unspecified atom stereocenters. The highest BCUT2D eigenvalue weighted by atomic mass is 32.2. The molecule has 1 aliphatic rings. The van der Waals surface area contributed by atoms with E-state index in [0.29, 0.717) is 4.88 Å². The lowest BCUT2D eigenvalue weighted by Crippen LogP contribution is -2.29. The number of esters is 1. The molecule has 2 aromatic rings. The van der Waals surface area contributed by atoms with E-state index in [1.165, 1.54) is 53.0 Å². The minimum absolute atomic E-state index is 0.118. The van der Waals surface area contributed by atoms with E-state index in [2.05, 4.69) is 5.32 Å². The predicted octanol–water partition coefficient (Wildman–Crippen LogP) is 2.07. The van der Waals surface area contributed by atoms with E-state index in [0.717, 1.165) is 19.3 Å².